The summed E-state index contributed by atoms with van der Waals surface area (Å²) in [5.74, 6) is 4.92. The first-order valence-corrected chi connectivity index (χ1v) is 15.2. The van der Waals surface area contributed by atoms with E-state index >= 15 is 0 Å². The van der Waals surface area contributed by atoms with Crippen molar-refractivity contribution in [2.75, 3.05) is 32.8 Å². The quantitative estimate of drug-likeness (QED) is 0.0570. The highest BCUT2D eigenvalue weighted by molar-refractivity contribution is 8.12. The van der Waals surface area contributed by atoms with Gasteiger partial charge in [-0.3, -0.25) is 4.79 Å². The van der Waals surface area contributed by atoms with Gasteiger partial charge in [0.25, 0.3) is 11.0 Å². The van der Waals surface area contributed by atoms with Gasteiger partial charge < -0.3 is 25.6 Å². The van der Waals surface area contributed by atoms with Gasteiger partial charge in [0.15, 0.2) is 0 Å². The third-order valence-corrected chi connectivity index (χ3v) is 8.67. The first-order chi connectivity index (χ1) is 19.0. The Bertz CT molecular complexity index is 1160. The van der Waals surface area contributed by atoms with Crippen LogP contribution in [0, 0.1) is 15.5 Å². The van der Waals surface area contributed by atoms with Crippen LogP contribution >= 0.6 is 10.7 Å². The van der Waals surface area contributed by atoms with Crippen LogP contribution in [0.4, 0.5) is 0 Å². The molecule has 1 heterocycles. The smallest absolute Gasteiger partial charge is 0.294 e. The third-order valence-electron chi connectivity index (χ3n) is 6.95. The monoisotopic (exact) mass is 575 g/mol. The number of benzene rings is 1. The van der Waals surface area contributed by atoms with E-state index in [4.69, 9.17) is 10.1 Å². The van der Waals surface area contributed by atoms with Crippen molar-refractivity contribution in [2.24, 2.45) is 0 Å². The number of carbonyl (C=O) groups excluding carboxylic acids is 1. The Morgan fingerprint density at radius 1 is 1.23 bits per heavy atom. The molecule has 1 atom stereocenters. The molecule has 0 bridgehead atoms. The lowest BCUT2D eigenvalue weighted by Crippen LogP contribution is -2.55. The van der Waals surface area contributed by atoms with Crippen molar-refractivity contribution >= 4 is 33.9 Å². The lowest BCUT2D eigenvalue weighted by atomic mass is 10.0. The van der Waals surface area contributed by atoms with Crippen LogP contribution < -0.4 is 15.4 Å². The van der Waals surface area contributed by atoms with Gasteiger partial charge in [0.1, 0.15) is 5.75 Å². The lowest BCUT2D eigenvalue weighted by molar-refractivity contribution is -0.757. The number of nitrogens with zero attached hydrogens (tertiary/aromatic N) is 2. The van der Waals surface area contributed by atoms with Crippen molar-refractivity contribution in [3.63, 3.8) is 0 Å². The topological polar surface area (TPSA) is 130 Å². The lowest BCUT2D eigenvalue weighted by Gasteiger charge is -2.41. The summed E-state index contributed by atoms with van der Waals surface area (Å²) in [5, 5.41) is 24.3. The Morgan fingerprint density at radius 2 is 1.93 bits per heavy atom. The molecule has 0 aromatic heterocycles. The molecule has 0 aliphatic carbocycles. The Labute approximate surface area is 240 Å². The summed E-state index contributed by atoms with van der Waals surface area (Å²) in [6, 6.07) is 6.35. The van der Waals surface area contributed by atoms with Crippen molar-refractivity contribution in [2.45, 2.75) is 78.2 Å². The fourth-order valence-corrected chi connectivity index (χ4v) is 5.67. The van der Waals surface area contributed by atoms with E-state index in [1.54, 1.807) is 6.92 Å². The molecule has 1 saturated heterocycles. The van der Waals surface area contributed by atoms with Crippen LogP contribution in [-0.2, 0) is 9.63 Å². The number of allylic oxidation sites excluding steroid dienone is 2. The molecule has 1 fully saturated rings. The maximum Gasteiger partial charge on any atom is 0.294 e. The van der Waals surface area contributed by atoms with Gasteiger partial charge in [0, 0.05) is 40.9 Å². The maximum absolute atomic E-state index is 13.3. The number of carbonyl (C=O) groups is 1. The van der Waals surface area contributed by atoms with Gasteiger partial charge in [0.2, 0.25) is 0 Å². The zero-order valence-corrected chi connectivity index (χ0v) is 25.5. The molecular formula is C29H45N5O5S. The molecule has 0 spiro atoms. The molecule has 3 N–H and O–H groups in total. The number of nitrogens with one attached hydrogen (secondary N) is 3. The Hall–Kier alpha value is -3.02. The van der Waals surface area contributed by atoms with Gasteiger partial charge in [-0.25, -0.2) is 4.31 Å². The summed E-state index contributed by atoms with van der Waals surface area (Å²) in [7, 11) is -0.418. The summed E-state index contributed by atoms with van der Waals surface area (Å²) in [5.41, 5.74) is 4.30. The predicted octanol–water partition coefficient (Wildman–Crippen LogP) is 5.35. The molecular weight excluding hydrogens is 530 g/mol. The second-order valence-corrected chi connectivity index (χ2v) is 11.5. The summed E-state index contributed by atoms with van der Waals surface area (Å²) in [4.78, 5) is 29.0. The first kappa shape index (κ1) is 33.2. The van der Waals surface area contributed by atoms with Crippen LogP contribution in [-0.4, -0.2) is 65.8 Å². The number of amides is 1. The van der Waals surface area contributed by atoms with E-state index in [0.717, 1.165) is 47.7 Å². The van der Waals surface area contributed by atoms with Crippen molar-refractivity contribution in [3.05, 3.63) is 50.6 Å². The minimum absolute atomic E-state index is 0.0881. The molecule has 1 unspecified atom stereocenters. The molecule has 10 nitrogen and oxygen atoms in total. The highest BCUT2D eigenvalue weighted by Gasteiger charge is 2.28. The Balaban J connectivity index is 2.23. The van der Waals surface area contributed by atoms with Crippen LogP contribution in [0.5, 0.6) is 5.75 Å². The summed E-state index contributed by atoms with van der Waals surface area (Å²) in [6.45, 7) is 14.5. The fourth-order valence-electron chi connectivity index (χ4n) is 4.17. The van der Waals surface area contributed by atoms with Crippen LogP contribution in [0.15, 0.2) is 39.8 Å². The van der Waals surface area contributed by atoms with E-state index in [9.17, 15) is 14.9 Å². The first-order valence-electron chi connectivity index (χ1n) is 13.9. The molecule has 2 rings (SSSR count). The number of ether oxygens (including phenoxy) is 1. The average molecular weight is 576 g/mol. The zero-order chi connectivity index (χ0) is 29.8. The van der Waals surface area contributed by atoms with E-state index in [2.05, 4.69) is 38.6 Å². The molecule has 0 saturated carbocycles. The molecule has 1 amide bonds. The predicted molar refractivity (Wildman–Crippen MR) is 164 cm³/mol. The molecule has 1 aliphatic rings. The van der Waals surface area contributed by atoms with Crippen LogP contribution in [0.2, 0.25) is 0 Å². The van der Waals surface area contributed by atoms with Gasteiger partial charge in [-0.15, -0.1) is 10.1 Å². The van der Waals surface area contributed by atoms with Crippen molar-refractivity contribution in [3.8, 4) is 5.75 Å². The van der Waals surface area contributed by atoms with Crippen molar-refractivity contribution in [1.82, 2.24) is 14.9 Å². The normalized spacial score (nSPS) is 15.8. The highest BCUT2D eigenvalue weighted by atomic mass is 32.2. The zero-order valence-electron chi connectivity index (χ0n) is 24.7. The second kappa shape index (κ2) is 16.3. The number of hydrogen-bond donors (Lipinski definition) is 3. The minimum atomic E-state index is -0.767. The van der Waals surface area contributed by atoms with E-state index in [1.807, 2.05) is 39.8 Å². The summed E-state index contributed by atoms with van der Waals surface area (Å²) < 4.78 is 8.27. The number of rotatable bonds is 17. The van der Waals surface area contributed by atoms with Crippen LogP contribution in [0.3, 0.4) is 0 Å². The van der Waals surface area contributed by atoms with Crippen LogP contribution in [0.1, 0.15) is 72.8 Å². The summed E-state index contributed by atoms with van der Waals surface area (Å²) in [6.07, 6.45) is 2.82. The molecule has 1 aromatic rings. The Morgan fingerprint density at radius 3 is 2.52 bits per heavy atom. The minimum Gasteiger partial charge on any atom is -0.493 e. The van der Waals surface area contributed by atoms with E-state index in [1.165, 1.54) is 0 Å². The standard InChI is InChI=1S/C29H45N5O5S/c1-8-12-26(30)21(5)22(6)29(35)32-28(20(4)9-2)25-17-24(13-14-27(25)38-10-3)40(7)33-18-23(19-33)31-15-11-16-39-34(36)37/h13-14,17,23,30-31H,7-12,15-16,18-19H2,1-6H3,(H,32,35)/b22-21+,28-20?,30-26?. The van der Waals surface area contributed by atoms with E-state index < -0.39 is 15.8 Å². The molecule has 1 aliphatic heterocycles. The maximum atomic E-state index is 13.3. The summed E-state index contributed by atoms with van der Waals surface area (Å²) >= 11 is 0. The van der Waals surface area contributed by atoms with E-state index in [0.29, 0.717) is 54.6 Å². The largest absolute Gasteiger partial charge is 0.493 e. The third kappa shape index (κ3) is 9.28. The van der Waals surface area contributed by atoms with Crippen molar-refractivity contribution < 1.29 is 19.5 Å². The van der Waals surface area contributed by atoms with Crippen LogP contribution in [0.25, 0.3) is 5.70 Å². The van der Waals surface area contributed by atoms with Gasteiger partial charge in [-0.05, 0) is 82.8 Å². The molecule has 1 aromatic carbocycles. The second-order valence-electron chi connectivity index (χ2n) is 9.81. The van der Waals surface area contributed by atoms with Gasteiger partial charge >= 0.3 is 0 Å². The molecule has 11 heteroatoms. The van der Waals surface area contributed by atoms with Gasteiger partial charge in [-0.2, -0.15) is 0 Å². The molecule has 0 radical (unpaired) electrons. The Kier molecular flexibility index (Phi) is 13.5. The molecule has 40 heavy (non-hydrogen) atoms. The number of hydrogen-bond acceptors (Lipinski definition) is 8. The highest BCUT2D eigenvalue weighted by Crippen LogP contribution is 2.38. The SMILES string of the molecule is C=S(c1ccc(OCC)c(C(NC(=O)/C(C)=C(\C)C(=N)CCC)=C(C)CC)c1)N1CC(NCCCO[N+](=O)[O-])C1. The van der Waals surface area contributed by atoms with Gasteiger partial charge in [-0.1, -0.05) is 36.8 Å². The van der Waals surface area contributed by atoms with E-state index in [-0.39, 0.29) is 12.5 Å². The van der Waals surface area contributed by atoms with Gasteiger partial charge in [0.05, 0.1) is 18.9 Å². The fraction of sp³-hybridized carbons (Fsp3) is 0.552. The average Bonchev–Trinajstić information content (AvgIpc) is 2.91. The van der Waals surface area contributed by atoms with Crippen molar-refractivity contribution in [1.29, 1.82) is 5.41 Å². The molecule has 222 valence electrons.